The van der Waals surface area contributed by atoms with Crippen LogP contribution in [0, 0.1) is 0 Å². The maximum absolute atomic E-state index is 10.4. The second-order valence-corrected chi connectivity index (χ2v) is 5.23. The lowest BCUT2D eigenvalue weighted by Gasteiger charge is -2.27. The number of halogens is 4. The molecule has 0 spiro atoms. The molecule has 0 aromatic heterocycles. The summed E-state index contributed by atoms with van der Waals surface area (Å²) >= 11 is 3.51. The average Bonchev–Trinajstić information content (AvgIpc) is 2.25. The van der Waals surface area contributed by atoms with E-state index in [9.17, 15) is 13.2 Å². The number of rotatable bonds is 1. The van der Waals surface area contributed by atoms with Gasteiger partial charge in [-0.3, -0.25) is 4.90 Å². The second kappa shape index (κ2) is 6.57. The van der Waals surface area contributed by atoms with Crippen molar-refractivity contribution in [3.8, 4) is 0 Å². The molecule has 1 aliphatic rings. The third-order valence-corrected chi connectivity index (χ3v) is 3.20. The predicted octanol–water partition coefficient (Wildman–Crippen LogP) is 4.40. The van der Waals surface area contributed by atoms with E-state index in [0.29, 0.717) is 0 Å². The molecule has 2 rings (SSSR count). The van der Waals surface area contributed by atoms with Crippen LogP contribution in [0.15, 0.2) is 22.7 Å². The van der Waals surface area contributed by atoms with Crippen molar-refractivity contribution in [3.63, 3.8) is 0 Å². The highest BCUT2D eigenvalue weighted by molar-refractivity contribution is 9.10. The average molecular weight is 324 g/mol. The van der Waals surface area contributed by atoms with Crippen molar-refractivity contribution >= 4 is 15.9 Å². The highest BCUT2D eigenvalue weighted by Crippen LogP contribution is 2.22. The largest absolute Gasteiger partial charge is 0.386 e. The first kappa shape index (κ1) is 15.5. The zero-order valence-electron chi connectivity index (χ0n) is 10.5. The number of alkyl halides is 3. The summed E-state index contributed by atoms with van der Waals surface area (Å²) in [6.07, 6.45) is -2.80. The lowest BCUT2D eigenvalue weighted by molar-refractivity contribution is -0.110. The molecule has 5 heteroatoms. The third-order valence-electron chi connectivity index (χ3n) is 2.71. The molecule has 1 aromatic rings. The van der Waals surface area contributed by atoms with Gasteiger partial charge >= 0.3 is 6.18 Å². The zero-order valence-corrected chi connectivity index (χ0v) is 12.1. The van der Waals surface area contributed by atoms with Gasteiger partial charge in [0.2, 0.25) is 0 Å². The van der Waals surface area contributed by atoms with E-state index in [2.05, 4.69) is 46.0 Å². The maximum atomic E-state index is 10.4. The lowest BCUT2D eigenvalue weighted by atomic mass is 10.0. The van der Waals surface area contributed by atoms with Crippen molar-refractivity contribution in [2.75, 3.05) is 13.1 Å². The van der Waals surface area contributed by atoms with E-state index in [1.165, 1.54) is 28.6 Å². The molecule has 0 bridgehead atoms. The van der Waals surface area contributed by atoms with E-state index < -0.39 is 6.18 Å². The van der Waals surface area contributed by atoms with Gasteiger partial charge in [-0.25, -0.2) is 0 Å². The topological polar surface area (TPSA) is 3.24 Å². The van der Waals surface area contributed by atoms with Gasteiger partial charge < -0.3 is 0 Å². The number of likely N-dealkylation sites (N-methyl/N-ethyl adjacent to an activating group) is 1. The SMILES string of the molecule is CC(F)(F)F.CCN1CCc2ccc(Br)cc2C1. The fourth-order valence-corrected chi connectivity index (χ4v) is 2.26. The van der Waals surface area contributed by atoms with Crippen molar-refractivity contribution < 1.29 is 13.2 Å². The smallest absolute Gasteiger partial charge is 0.299 e. The maximum Gasteiger partial charge on any atom is 0.386 e. The first-order chi connectivity index (χ1) is 8.29. The lowest BCUT2D eigenvalue weighted by Crippen LogP contribution is -2.30. The van der Waals surface area contributed by atoms with Crippen LogP contribution in [0.1, 0.15) is 25.0 Å². The van der Waals surface area contributed by atoms with Gasteiger partial charge in [0.05, 0.1) is 0 Å². The van der Waals surface area contributed by atoms with Crippen molar-refractivity contribution in [1.29, 1.82) is 0 Å². The van der Waals surface area contributed by atoms with Crippen LogP contribution in [-0.2, 0) is 13.0 Å². The highest BCUT2D eigenvalue weighted by atomic mass is 79.9. The minimum atomic E-state index is -4.00. The van der Waals surface area contributed by atoms with Crippen molar-refractivity contribution in [2.24, 2.45) is 0 Å². The van der Waals surface area contributed by atoms with E-state index in [-0.39, 0.29) is 6.92 Å². The van der Waals surface area contributed by atoms with E-state index in [0.717, 1.165) is 13.1 Å². The molecule has 0 saturated heterocycles. The molecule has 18 heavy (non-hydrogen) atoms. The molecule has 1 aromatic carbocycles. The van der Waals surface area contributed by atoms with Crippen LogP contribution in [0.5, 0.6) is 0 Å². The van der Waals surface area contributed by atoms with Gasteiger partial charge in [0.25, 0.3) is 0 Å². The Kier molecular flexibility index (Phi) is 5.66. The molecule has 0 fully saturated rings. The Bertz CT molecular complexity index is 384. The highest BCUT2D eigenvalue weighted by Gasteiger charge is 2.15. The van der Waals surface area contributed by atoms with Gasteiger partial charge in [0.1, 0.15) is 0 Å². The summed E-state index contributed by atoms with van der Waals surface area (Å²) in [7, 11) is 0. The molecule has 0 atom stereocenters. The Balaban J connectivity index is 0.000000280. The van der Waals surface area contributed by atoms with E-state index in [1.54, 1.807) is 0 Å². The Morgan fingerprint density at radius 1 is 1.28 bits per heavy atom. The Hall–Kier alpha value is -0.550. The normalized spacial score (nSPS) is 15.7. The van der Waals surface area contributed by atoms with Crippen LogP contribution in [-0.4, -0.2) is 24.2 Å². The van der Waals surface area contributed by atoms with Crippen LogP contribution in [0.4, 0.5) is 13.2 Å². The molecule has 1 heterocycles. The minimum absolute atomic E-state index is 0.188. The van der Waals surface area contributed by atoms with E-state index >= 15 is 0 Å². The molecule has 0 amide bonds. The summed E-state index contributed by atoms with van der Waals surface area (Å²) in [6.45, 7) is 5.90. The predicted molar refractivity (Wildman–Crippen MR) is 70.5 cm³/mol. The fraction of sp³-hybridized carbons (Fsp3) is 0.538. The number of hydrogen-bond donors (Lipinski definition) is 0. The Morgan fingerprint density at radius 2 is 1.89 bits per heavy atom. The Morgan fingerprint density at radius 3 is 2.44 bits per heavy atom. The summed E-state index contributed by atoms with van der Waals surface area (Å²) in [6, 6.07) is 6.63. The molecule has 0 unspecified atom stereocenters. The van der Waals surface area contributed by atoms with Gasteiger partial charge in [0, 0.05) is 24.5 Å². The summed E-state index contributed by atoms with van der Waals surface area (Å²) in [5.41, 5.74) is 3.01. The van der Waals surface area contributed by atoms with Crippen molar-refractivity contribution in [3.05, 3.63) is 33.8 Å². The molecular weight excluding hydrogens is 307 g/mol. The van der Waals surface area contributed by atoms with Crippen LogP contribution < -0.4 is 0 Å². The van der Waals surface area contributed by atoms with Crippen molar-refractivity contribution in [1.82, 2.24) is 4.90 Å². The first-order valence-corrected chi connectivity index (χ1v) is 6.65. The molecule has 1 nitrogen and oxygen atoms in total. The van der Waals surface area contributed by atoms with Crippen LogP contribution in [0.3, 0.4) is 0 Å². The molecule has 1 aliphatic heterocycles. The van der Waals surface area contributed by atoms with E-state index in [1.807, 2.05) is 0 Å². The van der Waals surface area contributed by atoms with Gasteiger partial charge in [-0.2, -0.15) is 13.2 Å². The third kappa shape index (κ3) is 5.87. The summed E-state index contributed by atoms with van der Waals surface area (Å²) in [4.78, 5) is 2.48. The van der Waals surface area contributed by atoms with Crippen LogP contribution in [0.2, 0.25) is 0 Å². The number of benzene rings is 1. The summed E-state index contributed by atoms with van der Waals surface area (Å²) in [5.74, 6) is 0. The number of fused-ring (bicyclic) bond motifs is 1. The van der Waals surface area contributed by atoms with Crippen LogP contribution in [0.25, 0.3) is 0 Å². The fourth-order valence-electron chi connectivity index (χ4n) is 1.85. The first-order valence-electron chi connectivity index (χ1n) is 5.86. The quantitative estimate of drug-likeness (QED) is 0.740. The monoisotopic (exact) mass is 323 g/mol. The second-order valence-electron chi connectivity index (χ2n) is 4.31. The van der Waals surface area contributed by atoms with E-state index in [4.69, 9.17) is 0 Å². The summed E-state index contributed by atoms with van der Waals surface area (Å²) in [5, 5.41) is 0. The Labute approximate surface area is 114 Å². The molecule has 0 radical (unpaired) electrons. The van der Waals surface area contributed by atoms with Gasteiger partial charge in [-0.05, 0) is 36.2 Å². The summed E-state index contributed by atoms with van der Waals surface area (Å²) < 4.78 is 32.3. The van der Waals surface area contributed by atoms with Crippen molar-refractivity contribution in [2.45, 2.75) is 33.0 Å². The van der Waals surface area contributed by atoms with Gasteiger partial charge in [-0.15, -0.1) is 0 Å². The minimum Gasteiger partial charge on any atom is -0.299 e. The standard InChI is InChI=1S/C11H14BrN.C2H3F3/c1-2-13-6-5-9-3-4-11(12)7-10(9)8-13;1-2(3,4)5/h3-4,7H,2,5-6,8H2,1H3;1H3. The van der Waals surface area contributed by atoms with Gasteiger partial charge in [-0.1, -0.05) is 28.9 Å². The number of hydrogen-bond acceptors (Lipinski definition) is 1. The molecule has 0 N–H and O–H groups in total. The van der Waals surface area contributed by atoms with Gasteiger partial charge in [0.15, 0.2) is 0 Å². The molecule has 0 aliphatic carbocycles. The number of nitrogens with zero attached hydrogens (tertiary/aromatic N) is 1. The zero-order chi connectivity index (χ0) is 13.8. The molecule has 0 saturated carbocycles. The van der Waals surface area contributed by atoms with Crippen LogP contribution >= 0.6 is 15.9 Å². The molecular formula is C13H17BrF3N. The molecule has 102 valence electrons.